The molecule has 0 aliphatic carbocycles. The van der Waals surface area contributed by atoms with Crippen molar-refractivity contribution in [3.8, 4) is 0 Å². The fraction of sp³-hybridized carbons (Fsp3) is 1.00. The van der Waals surface area contributed by atoms with Gasteiger partial charge in [0.05, 0.1) is 5.25 Å². The lowest BCUT2D eigenvalue weighted by Crippen LogP contribution is -2.37. The third kappa shape index (κ3) is 5.69. The number of hydrogen-bond donors (Lipinski definition) is 2. The Morgan fingerprint density at radius 1 is 1.50 bits per heavy atom. The molecule has 5 nitrogen and oxygen atoms in total. The summed E-state index contributed by atoms with van der Waals surface area (Å²) in [4.78, 5) is 0. The number of nitrogens with two attached hydrogens (primary N) is 1. The Balaban J connectivity index is 3.83. The van der Waals surface area contributed by atoms with Crippen LogP contribution in [-0.2, 0) is 20.8 Å². The second-order valence-electron chi connectivity index (χ2n) is 3.12. The molecule has 0 rings (SSSR count). The lowest BCUT2D eigenvalue weighted by Gasteiger charge is -2.11. The monoisotopic (exact) mass is 242 g/mol. The molecule has 0 heterocycles. The normalized spacial score (nSPS) is 16.5. The van der Waals surface area contributed by atoms with Gasteiger partial charge in [0.2, 0.25) is 10.0 Å². The van der Waals surface area contributed by atoms with Crippen LogP contribution in [0.1, 0.15) is 13.3 Å². The molecule has 0 saturated heterocycles. The highest BCUT2D eigenvalue weighted by Gasteiger charge is 2.17. The maximum absolute atomic E-state index is 11.3. The van der Waals surface area contributed by atoms with Crippen molar-refractivity contribution in [3.63, 3.8) is 0 Å². The van der Waals surface area contributed by atoms with Crippen LogP contribution in [0, 0.1) is 0 Å². The van der Waals surface area contributed by atoms with Gasteiger partial charge in [-0.2, -0.15) is 0 Å². The molecule has 0 bridgehead atoms. The summed E-state index contributed by atoms with van der Waals surface area (Å²) in [6.07, 6.45) is 2.18. The van der Waals surface area contributed by atoms with E-state index in [1.807, 2.05) is 0 Å². The van der Waals surface area contributed by atoms with Gasteiger partial charge in [-0.1, -0.05) is 0 Å². The van der Waals surface area contributed by atoms with E-state index in [9.17, 15) is 12.6 Å². The molecule has 0 fully saturated rings. The van der Waals surface area contributed by atoms with E-state index in [0.29, 0.717) is 18.7 Å². The molecule has 0 saturated carbocycles. The van der Waals surface area contributed by atoms with Crippen molar-refractivity contribution >= 4 is 20.8 Å². The molecule has 2 unspecified atom stereocenters. The molecule has 0 aliphatic heterocycles. The van der Waals surface area contributed by atoms with Gasteiger partial charge in [-0.3, -0.25) is 4.21 Å². The Hall–Kier alpha value is 0.0200. The summed E-state index contributed by atoms with van der Waals surface area (Å²) in [5.41, 5.74) is 5.24. The Morgan fingerprint density at radius 3 is 2.50 bits per heavy atom. The predicted octanol–water partition coefficient (Wildman–Crippen LogP) is -0.978. The number of rotatable bonds is 7. The molecular weight excluding hydrogens is 224 g/mol. The maximum atomic E-state index is 11.3. The van der Waals surface area contributed by atoms with Crippen LogP contribution < -0.4 is 10.5 Å². The Bertz CT molecular complexity index is 277. The maximum Gasteiger partial charge on any atom is 0.215 e. The first-order valence-electron chi connectivity index (χ1n) is 4.38. The number of sulfonamides is 1. The van der Waals surface area contributed by atoms with Gasteiger partial charge in [0.1, 0.15) is 0 Å². The summed E-state index contributed by atoms with van der Waals surface area (Å²) in [7, 11) is -4.15. The molecule has 0 aliphatic rings. The molecule has 0 aromatic rings. The van der Waals surface area contributed by atoms with Gasteiger partial charge >= 0.3 is 0 Å². The minimum Gasteiger partial charge on any atom is -0.329 e. The summed E-state index contributed by atoms with van der Waals surface area (Å²) >= 11 is 0. The van der Waals surface area contributed by atoms with E-state index in [4.69, 9.17) is 5.73 Å². The average Bonchev–Trinajstić information content (AvgIpc) is 2.10. The minimum absolute atomic E-state index is 0.106. The zero-order chi connectivity index (χ0) is 11.2. The highest BCUT2D eigenvalue weighted by molar-refractivity contribution is 7.90. The first-order chi connectivity index (χ1) is 6.40. The van der Waals surface area contributed by atoms with E-state index in [1.54, 1.807) is 13.2 Å². The first kappa shape index (κ1) is 14.0. The molecular formula is C7H18N2O3S2. The Labute approximate surface area is 88.0 Å². The summed E-state index contributed by atoms with van der Waals surface area (Å²) in [5, 5.41) is -0.574. The summed E-state index contributed by atoms with van der Waals surface area (Å²) < 4.78 is 35.8. The molecule has 0 amide bonds. The van der Waals surface area contributed by atoms with Crippen LogP contribution in [0.15, 0.2) is 0 Å². The van der Waals surface area contributed by atoms with E-state index in [1.165, 1.54) is 0 Å². The van der Waals surface area contributed by atoms with Crippen LogP contribution >= 0.6 is 0 Å². The standard InChI is InChI=1S/C7H18N2O3S2/c1-7(6-8)14(11,12)9-4-3-5-13(2)10/h7,9H,3-6,8H2,1-2H3. The SMILES string of the molecule is CC(CN)S(=O)(=O)NCCCS(C)=O. The smallest absolute Gasteiger partial charge is 0.215 e. The van der Waals surface area contributed by atoms with E-state index in [0.717, 1.165) is 0 Å². The van der Waals surface area contributed by atoms with E-state index in [2.05, 4.69) is 4.72 Å². The predicted molar refractivity (Wildman–Crippen MR) is 59.0 cm³/mol. The van der Waals surface area contributed by atoms with Crippen molar-refractivity contribution in [2.45, 2.75) is 18.6 Å². The zero-order valence-electron chi connectivity index (χ0n) is 8.52. The molecule has 0 aromatic carbocycles. The summed E-state index contributed by atoms with van der Waals surface area (Å²) in [5.74, 6) is 0.513. The highest BCUT2D eigenvalue weighted by atomic mass is 32.2. The second-order valence-corrected chi connectivity index (χ2v) is 6.85. The largest absolute Gasteiger partial charge is 0.329 e. The number of hydrogen-bond acceptors (Lipinski definition) is 4. The van der Waals surface area contributed by atoms with E-state index < -0.39 is 26.1 Å². The minimum atomic E-state index is -3.28. The molecule has 0 aromatic heterocycles. The zero-order valence-corrected chi connectivity index (χ0v) is 10.2. The van der Waals surface area contributed by atoms with E-state index >= 15 is 0 Å². The van der Waals surface area contributed by atoms with Gasteiger partial charge in [0, 0.05) is 35.9 Å². The van der Waals surface area contributed by atoms with Crippen molar-refractivity contribution < 1.29 is 12.6 Å². The lowest BCUT2D eigenvalue weighted by molar-refractivity contribution is 0.568. The van der Waals surface area contributed by atoms with Crippen molar-refractivity contribution in [2.24, 2.45) is 5.73 Å². The fourth-order valence-electron chi connectivity index (χ4n) is 0.759. The van der Waals surface area contributed by atoms with Gasteiger partial charge in [0.25, 0.3) is 0 Å². The molecule has 0 radical (unpaired) electrons. The molecule has 2 atom stereocenters. The van der Waals surface area contributed by atoms with Crippen LogP contribution in [-0.4, -0.2) is 43.0 Å². The fourth-order valence-corrected chi connectivity index (χ4v) is 2.28. The van der Waals surface area contributed by atoms with Crippen LogP contribution in [0.2, 0.25) is 0 Å². The van der Waals surface area contributed by atoms with Gasteiger partial charge in [-0.25, -0.2) is 13.1 Å². The van der Waals surface area contributed by atoms with Crippen LogP contribution in [0.4, 0.5) is 0 Å². The van der Waals surface area contributed by atoms with Crippen molar-refractivity contribution in [1.29, 1.82) is 0 Å². The molecule has 7 heteroatoms. The van der Waals surface area contributed by atoms with Crippen molar-refractivity contribution in [3.05, 3.63) is 0 Å². The third-order valence-electron chi connectivity index (χ3n) is 1.77. The Kier molecular flexibility index (Phi) is 6.50. The van der Waals surface area contributed by atoms with Crippen LogP contribution in [0.25, 0.3) is 0 Å². The number of nitrogens with one attached hydrogen (secondary N) is 1. The Morgan fingerprint density at radius 2 is 2.07 bits per heavy atom. The topological polar surface area (TPSA) is 89.3 Å². The second kappa shape index (κ2) is 6.49. The van der Waals surface area contributed by atoms with Gasteiger partial charge in [-0.15, -0.1) is 0 Å². The third-order valence-corrected chi connectivity index (χ3v) is 4.50. The van der Waals surface area contributed by atoms with Gasteiger partial charge < -0.3 is 5.73 Å². The van der Waals surface area contributed by atoms with E-state index in [-0.39, 0.29) is 6.54 Å². The summed E-state index contributed by atoms with van der Waals surface area (Å²) in [6.45, 7) is 1.99. The van der Waals surface area contributed by atoms with Gasteiger partial charge in [-0.05, 0) is 13.3 Å². The first-order valence-corrected chi connectivity index (χ1v) is 7.66. The van der Waals surface area contributed by atoms with Gasteiger partial charge in [0.15, 0.2) is 0 Å². The summed E-state index contributed by atoms with van der Waals surface area (Å²) in [6, 6.07) is 0. The average molecular weight is 242 g/mol. The quantitative estimate of drug-likeness (QED) is 0.562. The lowest BCUT2D eigenvalue weighted by atomic mass is 10.5. The van der Waals surface area contributed by atoms with Crippen LogP contribution in [0.5, 0.6) is 0 Å². The molecule has 3 N–H and O–H groups in total. The van der Waals surface area contributed by atoms with Crippen molar-refractivity contribution in [2.75, 3.05) is 25.1 Å². The molecule has 14 heavy (non-hydrogen) atoms. The van der Waals surface area contributed by atoms with Crippen LogP contribution in [0.3, 0.4) is 0 Å². The highest BCUT2D eigenvalue weighted by Crippen LogP contribution is 1.95. The van der Waals surface area contributed by atoms with Crippen molar-refractivity contribution in [1.82, 2.24) is 4.72 Å². The molecule has 86 valence electrons. The molecule has 0 spiro atoms.